The van der Waals surface area contributed by atoms with Gasteiger partial charge in [0.25, 0.3) is 0 Å². The molecule has 0 spiro atoms. The summed E-state index contributed by atoms with van der Waals surface area (Å²) in [7, 11) is 0. The van der Waals surface area contributed by atoms with Crippen LogP contribution in [-0.2, 0) is 24.5 Å². The lowest BCUT2D eigenvalue weighted by atomic mass is 10.1. The molecular formula is C17H22BrNO2. The van der Waals surface area contributed by atoms with Crippen LogP contribution >= 0.6 is 15.9 Å². The molecule has 1 aromatic carbocycles. The Morgan fingerprint density at radius 2 is 1.86 bits per heavy atom. The Kier molecular flexibility index (Phi) is 5.62. The minimum Gasteiger partial charge on any atom is -0.462 e. The van der Waals surface area contributed by atoms with Crippen LogP contribution in [0.5, 0.6) is 0 Å². The molecule has 0 unspecified atom stereocenters. The second-order valence-corrected chi connectivity index (χ2v) is 7.01. The fourth-order valence-electron chi connectivity index (χ4n) is 1.84. The number of hydrogen-bond acceptors (Lipinski definition) is 3. The fourth-order valence-corrected chi connectivity index (χ4v) is 2.29. The molecule has 0 fully saturated rings. The van der Waals surface area contributed by atoms with Crippen LogP contribution in [0.25, 0.3) is 0 Å². The third kappa shape index (κ3) is 6.04. The maximum atomic E-state index is 5.74. The normalized spacial score (nSPS) is 11.8. The van der Waals surface area contributed by atoms with Gasteiger partial charge in [-0.1, -0.05) is 28.1 Å². The third-order valence-corrected chi connectivity index (χ3v) is 3.41. The van der Waals surface area contributed by atoms with E-state index in [4.69, 9.17) is 9.15 Å². The molecule has 3 nitrogen and oxygen atoms in total. The van der Waals surface area contributed by atoms with Crippen LogP contribution < -0.4 is 5.32 Å². The average molecular weight is 352 g/mol. The molecule has 1 heterocycles. The van der Waals surface area contributed by atoms with E-state index in [1.54, 1.807) is 0 Å². The van der Waals surface area contributed by atoms with Crippen molar-refractivity contribution in [3.63, 3.8) is 0 Å². The van der Waals surface area contributed by atoms with Crippen molar-refractivity contribution >= 4 is 15.9 Å². The van der Waals surface area contributed by atoms with E-state index in [-0.39, 0.29) is 5.54 Å². The monoisotopic (exact) mass is 351 g/mol. The van der Waals surface area contributed by atoms with Crippen LogP contribution in [0.3, 0.4) is 0 Å². The molecule has 0 atom stereocenters. The van der Waals surface area contributed by atoms with Gasteiger partial charge in [-0.3, -0.25) is 0 Å². The molecule has 0 saturated carbocycles. The Balaban J connectivity index is 1.78. The average Bonchev–Trinajstić information content (AvgIpc) is 2.84. The molecule has 0 saturated heterocycles. The summed E-state index contributed by atoms with van der Waals surface area (Å²) in [6.45, 7) is 8.21. The smallest absolute Gasteiger partial charge is 0.129 e. The Bertz CT molecular complexity index is 572. The van der Waals surface area contributed by atoms with Gasteiger partial charge in [0.05, 0.1) is 13.2 Å². The molecule has 4 heteroatoms. The van der Waals surface area contributed by atoms with Gasteiger partial charge in [0.15, 0.2) is 0 Å². The summed E-state index contributed by atoms with van der Waals surface area (Å²) in [5, 5.41) is 3.40. The molecule has 0 aliphatic carbocycles. The van der Waals surface area contributed by atoms with Crippen LogP contribution in [0.4, 0.5) is 0 Å². The molecule has 2 rings (SSSR count). The SMILES string of the molecule is CC(C)(C)NCc1ccc(COCc2cccc(Br)c2)o1. The van der Waals surface area contributed by atoms with E-state index in [1.807, 2.05) is 30.3 Å². The minimum atomic E-state index is 0.0874. The summed E-state index contributed by atoms with van der Waals surface area (Å²) in [6, 6.07) is 12.1. The minimum absolute atomic E-state index is 0.0874. The fraction of sp³-hybridized carbons (Fsp3) is 0.412. The Labute approximate surface area is 134 Å². The van der Waals surface area contributed by atoms with Gasteiger partial charge in [-0.05, 0) is 50.6 Å². The number of halogens is 1. The van der Waals surface area contributed by atoms with E-state index >= 15 is 0 Å². The third-order valence-electron chi connectivity index (χ3n) is 2.91. The van der Waals surface area contributed by atoms with E-state index < -0.39 is 0 Å². The van der Waals surface area contributed by atoms with E-state index in [0.717, 1.165) is 28.1 Å². The van der Waals surface area contributed by atoms with Crippen molar-refractivity contribution in [1.82, 2.24) is 5.32 Å². The first-order chi connectivity index (χ1) is 9.92. The molecule has 1 aromatic heterocycles. The predicted molar refractivity (Wildman–Crippen MR) is 87.9 cm³/mol. The number of furan rings is 1. The maximum absolute atomic E-state index is 5.74. The highest BCUT2D eigenvalue weighted by molar-refractivity contribution is 9.10. The van der Waals surface area contributed by atoms with E-state index in [9.17, 15) is 0 Å². The summed E-state index contributed by atoms with van der Waals surface area (Å²) in [6.07, 6.45) is 0. The van der Waals surface area contributed by atoms with Crippen molar-refractivity contribution in [2.24, 2.45) is 0 Å². The molecular weight excluding hydrogens is 330 g/mol. The van der Waals surface area contributed by atoms with Crippen molar-refractivity contribution in [3.05, 3.63) is 58.0 Å². The zero-order valence-corrected chi connectivity index (χ0v) is 14.4. The van der Waals surface area contributed by atoms with Gasteiger partial charge in [0.2, 0.25) is 0 Å². The number of hydrogen-bond donors (Lipinski definition) is 1. The zero-order chi connectivity index (χ0) is 15.3. The van der Waals surface area contributed by atoms with Crippen molar-refractivity contribution in [2.45, 2.75) is 46.1 Å². The number of benzene rings is 1. The van der Waals surface area contributed by atoms with Gasteiger partial charge in [-0.2, -0.15) is 0 Å². The van der Waals surface area contributed by atoms with Crippen LogP contribution in [0.2, 0.25) is 0 Å². The van der Waals surface area contributed by atoms with Crippen molar-refractivity contribution in [2.75, 3.05) is 0 Å². The van der Waals surface area contributed by atoms with Gasteiger partial charge in [0, 0.05) is 10.0 Å². The first-order valence-electron chi connectivity index (χ1n) is 7.07. The molecule has 0 bridgehead atoms. The van der Waals surface area contributed by atoms with Gasteiger partial charge >= 0.3 is 0 Å². The van der Waals surface area contributed by atoms with Gasteiger partial charge in [-0.15, -0.1) is 0 Å². The summed E-state index contributed by atoms with van der Waals surface area (Å²) in [5.74, 6) is 1.79. The van der Waals surface area contributed by atoms with E-state index in [1.165, 1.54) is 0 Å². The number of ether oxygens (including phenoxy) is 1. The predicted octanol–water partition coefficient (Wildman–Crippen LogP) is 4.65. The van der Waals surface area contributed by atoms with Gasteiger partial charge in [0.1, 0.15) is 18.1 Å². The zero-order valence-electron chi connectivity index (χ0n) is 12.8. The molecule has 0 aliphatic heterocycles. The standard InChI is InChI=1S/C17H22BrNO2/c1-17(2,3)19-10-15-7-8-16(21-15)12-20-11-13-5-4-6-14(18)9-13/h4-9,19H,10-12H2,1-3H3. The lowest BCUT2D eigenvalue weighted by molar-refractivity contribution is 0.0918. The number of nitrogens with one attached hydrogen (secondary N) is 1. The molecule has 0 amide bonds. The maximum Gasteiger partial charge on any atom is 0.129 e. The largest absolute Gasteiger partial charge is 0.462 e. The molecule has 21 heavy (non-hydrogen) atoms. The molecule has 1 N–H and O–H groups in total. The Morgan fingerprint density at radius 3 is 2.57 bits per heavy atom. The van der Waals surface area contributed by atoms with Crippen molar-refractivity contribution in [1.29, 1.82) is 0 Å². The molecule has 0 radical (unpaired) electrons. The van der Waals surface area contributed by atoms with Crippen molar-refractivity contribution < 1.29 is 9.15 Å². The first-order valence-corrected chi connectivity index (χ1v) is 7.86. The van der Waals surface area contributed by atoms with Crippen LogP contribution in [0.15, 0.2) is 45.3 Å². The topological polar surface area (TPSA) is 34.4 Å². The summed E-state index contributed by atoms with van der Waals surface area (Å²) < 4.78 is 12.5. The highest BCUT2D eigenvalue weighted by Crippen LogP contribution is 2.14. The summed E-state index contributed by atoms with van der Waals surface area (Å²) in [4.78, 5) is 0. The second kappa shape index (κ2) is 7.25. The van der Waals surface area contributed by atoms with E-state index in [2.05, 4.69) is 48.1 Å². The first kappa shape index (κ1) is 16.3. The lowest BCUT2D eigenvalue weighted by Gasteiger charge is -2.19. The highest BCUT2D eigenvalue weighted by atomic mass is 79.9. The highest BCUT2D eigenvalue weighted by Gasteiger charge is 2.10. The van der Waals surface area contributed by atoms with Crippen LogP contribution in [0, 0.1) is 0 Å². The van der Waals surface area contributed by atoms with Crippen LogP contribution in [0.1, 0.15) is 37.9 Å². The van der Waals surface area contributed by atoms with Crippen molar-refractivity contribution in [3.8, 4) is 0 Å². The Hall–Kier alpha value is -1.10. The quantitative estimate of drug-likeness (QED) is 0.822. The summed E-state index contributed by atoms with van der Waals surface area (Å²) >= 11 is 3.45. The van der Waals surface area contributed by atoms with E-state index in [0.29, 0.717) is 13.2 Å². The Morgan fingerprint density at radius 1 is 1.10 bits per heavy atom. The molecule has 0 aliphatic rings. The lowest BCUT2D eigenvalue weighted by Crippen LogP contribution is -2.34. The number of rotatable bonds is 6. The van der Waals surface area contributed by atoms with Gasteiger partial charge in [-0.25, -0.2) is 0 Å². The second-order valence-electron chi connectivity index (χ2n) is 6.09. The molecule has 114 valence electrons. The molecule has 2 aromatic rings. The van der Waals surface area contributed by atoms with Gasteiger partial charge < -0.3 is 14.5 Å². The summed E-state index contributed by atoms with van der Waals surface area (Å²) in [5.41, 5.74) is 1.23. The van der Waals surface area contributed by atoms with Crippen LogP contribution in [-0.4, -0.2) is 5.54 Å².